The Morgan fingerprint density at radius 2 is 2.00 bits per heavy atom. The molecule has 0 amide bonds. The van der Waals surface area contributed by atoms with Crippen molar-refractivity contribution in [1.29, 1.82) is 0 Å². The molecule has 1 saturated heterocycles. The van der Waals surface area contributed by atoms with Crippen molar-refractivity contribution in [3.63, 3.8) is 0 Å². The highest BCUT2D eigenvalue weighted by Crippen LogP contribution is 2.27. The van der Waals surface area contributed by atoms with E-state index < -0.39 is 0 Å². The first kappa shape index (κ1) is 13.4. The van der Waals surface area contributed by atoms with Crippen LogP contribution >= 0.6 is 11.6 Å². The number of nitrogen functional groups attached to an aromatic ring is 1. The lowest BCUT2D eigenvalue weighted by Crippen LogP contribution is -2.31. The molecule has 0 aliphatic carbocycles. The molecular weight excluding hydrogens is 274 g/mol. The van der Waals surface area contributed by atoms with Crippen molar-refractivity contribution >= 4 is 17.4 Å². The standard InChI is InChI=1S/C14H18ClN5/c1-19-4-2-12(3-5-19)20-9-11(8-18-20)10-6-13(15)14(16)17-7-10/h6-9,12H,2-5H2,1H3,(H2,16,17). The molecule has 0 spiro atoms. The summed E-state index contributed by atoms with van der Waals surface area (Å²) in [6.45, 7) is 2.24. The number of piperidine rings is 1. The lowest BCUT2D eigenvalue weighted by Gasteiger charge is -2.28. The van der Waals surface area contributed by atoms with Crippen molar-refractivity contribution in [3.8, 4) is 11.1 Å². The number of rotatable bonds is 2. The average Bonchev–Trinajstić information content (AvgIpc) is 2.92. The molecule has 2 aromatic heterocycles. The van der Waals surface area contributed by atoms with Gasteiger partial charge in [0, 0.05) is 23.5 Å². The van der Waals surface area contributed by atoms with E-state index in [2.05, 4.69) is 32.9 Å². The minimum Gasteiger partial charge on any atom is -0.382 e. The van der Waals surface area contributed by atoms with Gasteiger partial charge in [0.05, 0.1) is 17.3 Å². The van der Waals surface area contributed by atoms with Gasteiger partial charge in [0.2, 0.25) is 0 Å². The summed E-state index contributed by atoms with van der Waals surface area (Å²) in [5, 5.41) is 4.97. The van der Waals surface area contributed by atoms with Crippen molar-refractivity contribution in [1.82, 2.24) is 19.7 Å². The van der Waals surface area contributed by atoms with Gasteiger partial charge in [0.15, 0.2) is 0 Å². The van der Waals surface area contributed by atoms with Crippen LogP contribution in [0, 0.1) is 0 Å². The molecule has 0 saturated carbocycles. The van der Waals surface area contributed by atoms with Crippen LogP contribution in [-0.4, -0.2) is 39.8 Å². The Balaban J connectivity index is 1.81. The maximum atomic E-state index is 6.02. The first-order valence-corrected chi connectivity index (χ1v) is 7.15. The van der Waals surface area contributed by atoms with Gasteiger partial charge in [-0.15, -0.1) is 0 Å². The van der Waals surface area contributed by atoms with E-state index in [0.717, 1.165) is 37.1 Å². The highest BCUT2D eigenvalue weighted by atomic mass is 35.5. The molecule has 5 nitrogen and oxygen atoms in total. The van der Waals surface area contributed by atoms with Crippen LogP contribution in [-0.2, 0) is 0 Å². The molecule has 1 fully saturated rings. The summed E-state index contributed by atoms with van der Waals surface area (Å²) in [5.41, 5.74) is 7.61. The van der Waals surface area contributed by atoms with Crippen LogP contribution in [0.3, 0.4) is 0 Å². The van der Waals surface area contributed by atoms with E-state index in [1.54, 1.807) is 6.20 Å². The van der Waals surface area contributed by atoms with Crippen molar-refractivity contribution in [2.75, 3.05) is 25.9 Å². The summed E-state index contributed by atoms with van der Waals surface area (Å²) in [6.07, 6.45) is 7.94. The summed E-state index contributed by atoms with van der Waals surface area (Å²) >= 11 is 6.02. The van der Waals surface area contributed by atoms with E-state index in [4.69, 9.17) is 17.3 Å². The minimum absolute atomic E-state index is 0.359. The van der Waals surface area contributed by atoms with Crippen LogP contribution in [0.5, 0.6) is 0 Å². The average molecular weight is 292 g/mol. The second-order valence-corrected chi connectivity index (χ2v) is 5.74. The van der Waals surface area contributed by atoms with Crippen molar-refractivity contribution in [3.05, 3.63) is 29.7 Å². The molecule has 2 aromatic rings. The SMILES string of the molecule is CN1CCC(n2cc(-c3cnc(N)c(Cl)c3)cn2)CC1. The molecule has 0 unspecified atom stereocenters. The molecule has 2 N–H and O–H groups in total. The number of aromatic nitrogens is 3. The number of hydrogen-bond donors (Lipinski definition) is 1. The molecule has 3 rings (SSSR count). The number of pyridine rings is 1. The molecule has 1 aliphatic rings. The predicted octanol–water partition coefficient (Wildman–Crippen LogP) is 2.45. The first-order chi connectivity index (χ1) is 9.63. The van der Waals surface area contributed by atoms with Gasteiger partial charge in [-0.1, -0.05) is 11.6 Å². The molecule has 20 heavy (non-hydrogen) atoms. The van der Waals surface area contributed by atoms with E-state index in [-0.39, 0.29) is 0 Å². The molecule has 0 atom stereocenters. The Kier molecular flexibility index (Phi) is 3.63. The summed E-state index contributed by atoms with van der Waals surface area (Å²) in [7, 11) is 2.16. The fourth-order valence-corrected chi connectivity index (χ4v) is 2.72. The van der Waals surface area contributed by atoms with E-state index in [1.165, 1.54) is 0 Å². The van der Waals surface area contributed by atoms with Gasteiger partial charge in [-0.3, -0.25) is 4.68 Å². The number of nitrogens with two attached hydrogens (primary N) is 1. The van der Waals surface area contributed by atoms with E-state index >= 15 is 0 Å². The molecular formula is C14H18ClN5. The smallest absolute Gasteiger partial charge is 0.142 e. The Bertz CT molecular complexity index is 601. The zero-order valence-corrected chi connectivity index (χ0v) is 12.2. The van der Waals surface area contributed by atoms with Crippen LogP contribution in [0.25, 0.3) is 11.1 Å². The van der Waals surface area contributed by atoms with Gasteiger partial charge in [-0.25, -0.2) is 4.98 Å². The molecule has 0 aromatic carbocycles. The minimum atomic E-state index is 0.359. The Hall–Kier alpha value is -1.59. The van der Waals surface area contributed by atoms with Gasteiger partial charge in [-0.05, 0) is 39.0 Å². The highest BCUT2D eigenvalue weighted by molar-refractivity contribution is 6.33. The third-order valence-corrected chi connectivity index (χ3v) is 4.17. The fourth-order valence-electron chi connectivity index (χ4n) is 2.55. The van der Waals surface area contributed by atoms with Crippen LogP contribution < -0.4 is 5.73 Å². The second kappa shape index (κ2) is 5.42. The Morgan fingerprint density at radius 1 is 1.25 bits per heavy atom. The molecule has 0 radical (unpaired) electrons. The molecule has 3 heterocycles. The maximum absolute atomic E-state index is 6.02. The lowest BCUT2D eigenvalue weighted by atomic mass is 10.1. The van der Waals surface area contributed by atoms with Gasteiger partial charge >= 0.3 is 0 Å². The lowest BCUT2D eigenvalue weighted by molar-refractivity contribution is 0.212. The quantitative estimate of drug-likeness (QED) is 0.923. The van der Waals surface area contributed by atoms with Crippen molar-refractivity contribution < 1.29 is 0 Å². The Morgan fingerprint density at radius 3 is 2.70 bits per heavy atom. The number of halogens is 1. The largest absolute Gasteiger partial charge is 0.382 e. The second-order valence-electron chi connectivity index (χ2n) is 5.33. The predicted molar refractivity (Wildman–Crippen MR) is 80.6 cm³/mol. The third kappa shape index (κ3) is 2.64. The molecule has 106 valence electrons. The van der Waals surface area contributed by atoms with E-state index in [9.17, 15) is 0 Å². The maximum Gasteiger partial charge on any atom is 0.142 e. The monoisotopic (exact) mass is 291 g/mol. The van der Waals surface area contributed by atoms with Crippen LogP contribution in [0.2, 0.25) is 5.02 Å². The summed E-state index contributed by atoms with van der Waals surface area (Å²) in [6, 6.07) is 2.32. The third-order valence-electron chi connectivity index (χ3n) is 3.87. The number of anilines is 1. The van der Waals surface area contributed by atoms with Crippen molar-refractivity contribution in [2.24, 2.45) is 0 Å². The van der Waals surface area contributed by atoms with Gasteiger partial charge < -0.3 is 10.6 Å². The topological polar surface area (TPSA) is 60.0 Å². The van der Waals surface area contributed by atoms with Gasteiger partial charge in [-0.2, -0.15) is 5.10 Å². The van der Waals surface area contributed by atoms with Crippen molar-refractivity contribution in [2.45, 2.75) is 18.9 Å². The van der Waals surface area contributed by atoms with Crippen LogP contribution in [0.15, 0.2) is 24.7 Å². The normalized spacial score (nSPS) is 17.5. The number of nitrogens with zero attached hydrogens (tertiary/aromatic N) is 4. The zero-order valence-electron chi connectivity index (χ0n) is 11.5. The van der Waals surface area contributed by atoms with Gasteiger partial charge in [0.25, 0.3) is 0 Å². The number of hydrogen-bond acceptors (Lipinski definition) is 4. The Labute approximate surface area is 123 Å². The fraction of sp³-hybridized carbons (Fsp3) is 0.429. The van der Waals surface area contributed by atoms with Crippen LogP contribution in [0.4, 0.5) is 5.82 Å². The molecule has 0 bridgehead atoms. The van der Waals surface area contributed by atoms with E-state index in [0.29, 0.717) is 16.9 Å². The highest BCUT2D eigenvalue weighted by Gasteiger charge is 2.19. The molecule has 1 aliphatic heterocycles. The first-order valence-electron chi connectivity index (χ1n) is 6.77. The van der Waals surface area contributed by atoms with Crippen LogP contribution in [0.1, 0.15) is 18.9 Å². The summed E-state index contributed by atoms with van der Waals surface area (Å²) < 4.78 is 2.06. The number of likely N-dealkylation sites (tertiary alicyclic amines) is 1. The summed E-state index contributed by atoms with van der Waals surface area (Å²) in [5.74, 6) is 0.359. The molecule has 6 heteroatoms. The van der Waals surface area contributed by atoms with E-state index in [1.807, 2.05) is 12.3 Å². The van der Waals surface area contributed by atoms with Gasteiger partial charge in [0.1, 0.15) is 5.82 Å². The zero-order chi connectivity index (χ0) is 14.1. The summed E-state index contributed by atoms with van der Waals surface area (Å²) in [4.78, 5) is 6.44.